The van der Waals surface area contributed by atoms with Gasteiger partial charge in [0.1, 0.15) is 0 Å². The van der Waals surface area contributed by atoms with Crippen LogP contribution in [0.4, 0.5) is 11.4 Å². The molecular weight excluding hydrogens is 582 g/mol. The molecule has 4 aromatic rings. The lowest BCUT2D eigenvalue weighted by Gasteiger charge is -2.11. The molecule has 0 saturated carbocycles. The topological polar surface area (TPSA) is 122 Å². The zero-order valence-electron chi connectivity index (χ0n) is 21.4. The molecule has 0 saturated heterocycles. The molecule has 0 aliphatic carbocycles. The Labute approximate surface area is 235 Å². The molecule has 3 N–H and O–H groups in total. The van der Waals surface area contributed by atoms with Gasteiger partial charge in [-0.2, -0.15) is 5.10 Å². The number of hydrazone groups is 1. The maximum absolute atomic E-state index is 12.6. The van der Waals surface area contributed by atoms with E-state index in [9.17, 15) is 18.0 Å². The van der Waals surface area contributed by atoms with Gasteiger partial charge in [-0.3, -0.25) is 14.3 Å². The second-order valence-corrected chi connectivity index (χ2v) is 11.3. The summed E-state index contributed by atoms with van der Waals surface area (Å²) in [4.78, 5) is 24.0. The van der Waals surface area contributed by atoms with Gasteiger partial charge in [-0.1, -0.05) is 15.9 Å². The second kappa shape index (κ2) is 11.7. The van der Waals surface area contributed by atoms with Crippen LogP contribution in [0.5, 0.6) is 0 Å². The van der Waals surface area contributed by atoms with Crippen LogP contribution in [0.15, 0.2) is 93.3 Å². The average molecular weight is 609 g/mol. The molecule has 0 aliphatic heterocycles. The van der Waals surface area contributed by atoms with Crippen molar-refractivity contribution in [2.24, 2.45) is 5.10 Å². The monoisotopic (exact) mass is 607 g/mol. The number of amides is 2. The summed E-state index contributed by atoms with van der Waals surface area (Å²) in [6.07, 6.45) is 1.57. The number of nitrogens with zero attached hydrogens (tertiary/aromatic N) is 2. The molecule has 3 aromatic carbocycles. The Bertz CT molecular complexity index is 1640. The Kier molecular flexibility index (Phi) is 8.32. The number of hydrogen-bond acceptors (Lipinski definition) is 5. The summed E-state index contributed by atoms with van der Waals surface area (Å²) in [5.41, 5.74) is 7.54. The molecule has 200 valence electrons. The molecule has 39 heavy (non-hydrogen) atoms. The number of carbonyl (C=O) groups excluding carboxylic acids is 2. The molecule has 0 fully saturated rings. The second-order valence-electron chi connectivity index (χ2n) is 8.73. The van der Waals surface area contributed by atoms with Crippen LogP contribution in [0.3, 0.4) is 0 Å². The number of aryl methyl sites for hydroxylation is 1. The summed E-state index contributed by atoms with van der Waals surface area (Å²) in [6, 6.07) is 21.8. The van der Waals surface area contributed by atoms with Crippen LogP contribution >= 0.6 is 15.9 Å². The van der Waals surface area contributed by atoms with Crippen LogP contribution in [-0.4, -0.2) is 31.0 Å². The fourth-order valence-electron chi connectivity index (χ4n) is 3.96. The molecule has 11 heteroatoms. The van der Waals surface area contributed by atoms with Crippen molar-refractivity contribution >= 4 is 55.4 Å². The standard InChI is InChI=1S/C28H26BrN5O4S/c1-18-16-22(19(2)34(18)26-12-10-24(11-13-26)31-20(3)35)17-30-32-28(36)21-4-8-25(9-5-21)33-39(37,38)27-14-6-23(29)7-15-27/h4-17,33H,1-3H3,(H,31,35)(H,32,36)/b30-17+. The molecule has 0 spiro atoms. The summed E-state index contributed by atoms with van der Waals surface area (Å²) < 4.78 is 30.4. The zero-order valence-corrected chi connectivity index (χ0v) is 23.8. The van der Waals surface area contributed by atoms with Crippen molar-refractivity contribution in [1.82, 2.24) is 9.99 Å². The van der Waals surface area contributed by atoms with Crippen molar-refractivity contribution in [1.29, 1.82) is 0 Å². The third kappa shape index (κ3) is 6.81. The summed E-state index contributed by atoms with van der Waals surface area (Å²) in [5.74, 6) is -0.565. The zero-order chi connectivity index (χ0) is 28.2. The molecule has 0 atom stereocenters. The van der Waals surface area contributed by atoms with Crippen molar-refractivity contribution < 1.29 is 18.0 Å². The van der Waals surface area contributed by atoms with Gasteiger partial charge >= 0.3 is 0 Å². The van der Waals surface area contributed by atoms with Crippen molar-refractivity contribution in [3.05, 3.63) is 106 Å². The van der Waals surface area contributed by atoms with Crippen LogP contribution in [0.2, 0.25) is 0 Å². The van der Waals surface area contributed by atoms with Gasteiger partial charge in [0.25, 0.3) is 15.9 Å². The summed E-state index contributed by atoms with van der Waals surface area (Å²) >= 11 is 3.28. The number of benzene rings is 3. The number of anilines is 2. The van der Waals surface area contributed by atoms with E-state index in [0.717, 1.165) is 27.1 Å². The van der Waals surface area contributed by atoms with Gasteiger partial charge in [0.05, 0.1) is 11.1 Å². The van der Waals surface area contributed by atoms with Crippen molar-refractivity contribution in [2.75, 3.05) is 10.0 Å². The number of halogens is 1. The predicted molar refractivity (Wildman–Crippen MR) is 156 cm³/mol. The Morgan fingerprint density at radius 1 is 0.897 bits per heavy atom. The van der Waals surface area contributed by atoms with E-state index < -0.39 is 15.9 Å². The van der Waals surface area contributed by atoms with Gasteiger partial charge in [0.15, 0.2) is 0 Å². The molecule has 1 aromatic heterocycles. The van der Waals surface area contributed by atoms with Crippen LogP contribution in [0.25, 0.3) is 5.69 Å². The first-order valence-corrected chi connectivity index (χ1v) is 14.1. The third-order valence-corrected chi connectivity index (χ3v) is 7.73. The van der Waals surface area contributed by atoms with E-state index in [1.165, 1.54) is 43.3 Å². The van der Waals surface area contributed by atoms with Crippen molar-refractivity contribution in [2.45, 2.75) is 25.7 Å². The molecule has 4 rings (SSSR count). The number of hydrogen-bond donors (Lipinski definition) is 3. The molecular formula is C28H26BrN5O4S. The predicted octanol–water partition coefficient (Wildman–Crippen LogP) is 5.38. The highest BCUT2D eigenvalue weighted by atomic mass is 79.9. The van der Waals surface area contributed by atoms with E-state index in [1.54, 1.807) is 18.3 Å². The highest BCUT2D eigenvalue weighted by Crippen LogP contribution is 2.22. The molecule has 0 unspecified atom stereocenters. The van der Waals surface area contributed by atoms with Gasteiger partial charge in [0, 0.05) is 51.0 Å². The van der Waals surface area contributed by atoms with E-state index in [-0.39, 0.29) is 10.8 Å². The van der Waals surface area contributed by atoms with Crippen LogP contribution in [-0.2, 0) is 14.8 Å². The minimum Gasteiger partial charge on any atom is -0.326 e. The maximum atomic E-state index is 12.6. The Morgan fingerprint density at radius 2 is 1.51 bits per heavy atom. The van der Waals surface area contributed by atoms with Crippen molar-refractivity contribution in [3.8, 4) is 5.69 Å². The first-order valence-electron chi connectivity index (χ1n) is 11.8. The number of aromatic nitrogens is 1. The number of sulfonamides is 1. The minimum absolute atomic E-state index is 0.128. The highest BCUT2D eigenvalue weighted by molar-refractivity contribution is 9.10. The highest BCUT2D eigenvalue weighted by Gasteiger charge is 2.15. The molecule has 2 amide bonds. The number of rotatable bonds is 8. The fraction of sp³-hybridized carbons (Fsp3) is 0.107. The lowest BCUT2D eigenvalue weighted by Crippen LogP contribution is -2.18. The van der Waals surface area contributed by atoms with Gasteiger partial charge in [-0.05, 0) is 92.7 Å². The van der Waals surface area contributed by atoms with Gasteiger partial charge < -0.3 is 9.88 Å². The first kappa shape index (κ1) is 27.8. The fourth-order valence-corrected chi connectivity index (χ4v) is 5.28. The van der Waals surface area contributed by atoms with E-state index in [2.05, 4.69) is 41.1 Å². The maximum Gasteiger partial charge on any atom is 0.271 e. The minimum atomic E-state index is -3.75. The smallest absolute Gasteiger partial charge is 0.271 e. The van der Waals surface area contributed by atoms with Gasteiger partial charge in [-0.15, -0.1) is 0 Å². The van der Waals surface area contributed by atoms with Crippen molar-refractivity contribution in [3.63, 3.8) is 0 Å². The summed E-state index contributed by atoms with van der Waals surface area (Å²) in [6.45, 7) is 5.38. The summed E-state index contributed by atoms with van der Waals surface area (Å²) in [5, 5.41) is 6.85. The number of nitrogens with one attached hydrogen (secondary N) is 3. The van der Waals surface area contributed by atoms with E-state index in [0.29, 0.717) is 16.9 Å². The van der Waals surface area contributed by atoms with Crippen LogP contribution < -0.4 is 15.5 Å². The van der Waals surface area contributed by atoms with Crippen LogP contribution in [0.1, 0.15) is 34.2 Å². The third-order valence-electron chi connectivity index (χ3n) is 5.81. The Hall–Kier alpha value is -4.22. The normalized spacial score (nSPS) is 11.4. The SMILES string of the molecule is CC(=O)Nc1ccc(-n2c(C)cc(/C=N/NC(=O)c3ccc(NS(=O)(=O)c4ccc(Br)cc4)cc3)c2C)cc1. The molecule has 0 bridgehead atoms. The molecule has 0 aliphatic rings. The van der Waals surface area contributed by atoms with Crippen LogP contribution in [0, 0.1) is 13.8 Å². The van der Waals surface area contributed by atoms with E-state index in [1.807, 2.05) is 44.2 Å². The average Bonchev–Trinajstić information content (AvgIpc) is 3.17. The molecule has 1 heterocycles. The molecule has 9 nitrogen and oxygen atoms in total. The van der Waals surface area contributed by atoms with E-state index >= 15 is 0 Å². The van der Waals surface area contributed by atoms with Gasteiger partial charge in [-0.25, -0.2) is 13.8 Å². The largest absolute Gasteiger partial charge is 0.326 e. The molecule has 0 radical (unpaired) electrons. The lowest BCUT2D eigenvalue weighted by atomic mass is 10.2. The number of carbonyl (C=O) groups is 2. The summed E-state index contributed by atoms with van der Waals surface area (Å²) in [7, 11) is -3.75. The first-order chi connectivity index (χ1) is 18.5. The lowest BCUT2D eigenvalue weighted by molar-refractivity contribution is -0.114. The quantitative estimate of drug-likeness (QED) is 0.184. The Morgan fingerprint density at radius 3 is 2.13 bits per heavy atom. The van der Waals surface area contributed by atoms with Gasteiger partial charge in [0.2, 0.25) is 5.91 Å². The van der Waals surface area contributed by atoms with E-state index in [4.69, 9.17) is 0 Å². The Balaban J connectivity index is 1.40.